The van der Waals surface area contributed by atoms with Crippen molar-refractivity contribution in [2.45, 2.75) is 26.9 Å². The molecular formula is C27H25N3O2. The fourth-order valence-corrected chi connectivity index (χ4v) is 4.49. The van der Waals surface area contributed by atoms with Crippen LogP contribution in [0, 0.1) is 13.8 Å². The lowest BCUT2D eigenvalue weighted by Crippen LogP contribution is -2.19. The first-order valence-electron chi connectivity index (χ1n) is 10.7. The summed E-state index contributed by atoms with van der Waals surface area (Å²) in [7, 11) is 2.07. The van der Waals surface area contributed by atoms with E-state index in [9.17, 15) is 4.79 Å². The lowest BCUT2D eigenvalue weighted by Gasteiger charge is -2.18. The minimum atomic E-state index is -0.319. The van der Waals surface area contributed by atoms with Gasteiger partial charge in [-0.2, -0.15) is 5.10 Å². The van der Waals surface area contributed by atoms with Crippen molar-refractivity contribution < 1.29 is 4.42 Å². The Morgan fingerprint density at radius 3 is 2.50 bits per heavy atom. The Bertz CT molecular complexity index is 1480. The quantitative estimate of drug-likeness (QED) is 0.281. The van der Waals surface area contributed by atoms with Crippen molar-refractivity contribution in [2.24, 2.45) is 0 Å². The molecule has 5 rings (SSSR count). The van der Waals surface area contributed by atoms with Gasteiger partial charge in [-0.3, -0.25) is 4.90 Å². The number of para-hydroxylation sites is 1. The van der Waals surface area contributed by atoms with Gasteiger partial charge in [0.25, 0.3) is 0 Å². The smallest absolute Gasteiger partial charge is 0.336 e. The van der Waals surface area contributed by atoms with Crippen LogP contribution in [0.1, 0.15) is 22.5 Å². The molecule has 0 unspecified atom stereocenters. The van der Waals surface area contributed by atoms with Gasteiger partial charge < -0.3 is 4.42 Å². The van der Waals surface area contributed by atoms with Crippen molar-refractivity contribution in [1.29, 1.82) is 0 Å². The van der Waals surface area contributed by atoms with Gasteiger partial charge in [0.1, 0.15) is 5.58 Å². The number of aryl methyl sites for hydroxylation is 1. The second-order valence-corrected chi connectivity index (χ2v) is 8.32. The van der Waals surface area contributed by atoms with Crippen LogP contribution in [-0.2, 0) is 13.1 Å². The second kappa shape index (κ2) is 8.09. The molecule has 5 aromatic rings. The highest BCUT2D eigenvalue weighted by Crippen LogP contribution is 2.28. The molecule has 0 spiro atoms. The Morgan fingerprint density at radius 2 is 1.69 bits per heavy atom. The van der Waals surface area contributed by atoms with Gasteiger partial charge in [-0.15, -0.1) is 0 Å². The van der Waals surface area contributed by atoms with Crippen LogP contribution in [0.2, 0.25) is 0 Å². The van der Waals surface area contributed by atoms with Crippen molar-refractivity contribution in [3.8, 4) is 5.69 Å². The molecule has 0 radical (unpaired) electrons. The van der Waals surface area contributed by atoms with Crippen LogP contribution in [-0.4, -0.2) is 21.7 Å². The molecular weight excluding hydrogens is 398 g/mol. The zero-order valence-corrected chi connectivity index (χ0v) is 18.5. The summed E-state index contributed by atoms with van der Waals surface area (Å²) in [5.74, 6) is 0. The Hall–Kier alpha value is -3.70. The molecule has 0 N–H and O–H groups in total. The molecule has 5 nitrogen and oxygen atoms in total. The van der Waals surface area contributed by atoms with Gasteiger partial charge in [-0.05, 0) is 55.4 Å². The summed E-state index contributed by atoms with van der Waals surface area (Å²) in [6, 6.07) is 23.9. The van der Waals surface area contributed by atoms with E-state index in [4.69, 9.17) is 9.52 Å². The van der Waals surface area contributed by atoms with Gasteiger partial charge in [-0.1, -0.05) is 48.5 Å². The maximum atomic E-state index is 12.3. The standard InChI is InChI=1S/C27H25N3O2/c1-18-24(19(2)30(28-18)22-10-5-4-6-11-22)17-29(3)16-21-15-26(31)32-25-14-13-20-9-7-8-12-23(20)27(21)25/h4-15H,16-17H2,1-3H3. The van der Waals surface area contributed by atoms with Crippen LogP contribution >= 0.6 is 0 Å². The van der Waals surface area contributed by atoms with E-state index in [1.807, 2.05) is 47.1 Å². The number of hydrogen-bond donors (Lipinski definition) is 0. The predicted octanol–water partition coefficient (Wildman–Crippen LogP) is 5.38. The Balaban J connectivity index is 1.50. The average Bonchev–Trinajstić information content (AvgIpc) is 3.07. The van der Waals surface area contributed by atoms with Crippen molar-refractivity contribution in [3.05, 3.63) is 106 Å². The van der Waals surface area contributed by atoms with Gasteiger partial charge in [0.2, 0.25) is 0 Å². The molecule has 2 heterocycles. The van der Waals surface area contributed by atoms with Gasteiger partial charge in [0.15, 0.2) is 0 Å². The number of benzene rings is 3. The predicted molar refractivity (Wildman–Crippen MR) is 128 cm³/mol. The second-order valence-electron chi connectivity index (χ2n) is 8.32. The van der Waals surface area contributed by atoms with Crippen molar-refractivity contribution in [1.82, 2.24) is 14.7 Å². The van der Waals surface area contributed by atoms with Gasteiger partial charge >= 0.3 is 5.63 Å². The summed E-state index contributed by atoms with van der Waals surface area (Å²) in [5, 5.41) is 8.00. The molecule has 5 heteroatoms. The average molecular weight is 424 g/mol. The highest BCUT2D eigenvalue weighted by molar-refractivity contribution is 6.07. The molecule has 0 aliphatic rings. The van der Waals surface area contributed by atoms with Gasteiger partial charge in [0, 0.05) is 35.8 Å². The Labute approximate surface area is 186 Å². The van der Waals surface area contributed by atoms with E-state index in [0.717, 1.165) is 45.3 Å². The highest BCUT2D eigenvalue weighted by Gasteiger charge is 2.16. The summed E-state index contributed by atoms with van der Waals surface area (Å²) >= 11 is 0. The first kappa shape index (κ1) is 20.2. The number of aromatic nitrogens is 2. The minimum absolute atomic E-state index is 0.319. The molecule has 160 valence electrons. The van der Waals surface area contributed by atoms with Crippen LogP contribution in [0.15, 0.2) is 82.0 Å². The fourth-order valence-electron chi connectivity index (χ4n) is 4.49. The van der Waals surface area contributed by atoms with E-state index in [0.29, 0.717) is 12.1 Å². The molecule has 0 aliphatic carbocycles. The van der Waals surface area contributed by atoms with E-state index >= 15 is 0 Å². The molecule has 2 aromatic heterocycles. The molecule has 0 bridgehead atoms. The monoisotopic (exact) mass is 423 g/mol. The zero-order chi connectivity index (χ0) is 22.2. The number of fused-ring (bicyclic) bond motifs is 3. The molecule has 0 aliphatic heterocycles. The van der Waals surface area contributed by atoms with Crippen LogP contribution in [0.3, 0.4) is 0 Å². The fraction of sp³-hybridized carbons (Fsp3) is 0.185. The lowest BCUT2D eigenvalue weighted by molar-refractivity contribution is 0.318. The third kappa shape index (κ3) is 3.61. The van der Waals surface area contributed by atoms with Gasteiger partial charge in [0.05, 0.1) is 11.4 Å². The topological polar surface area (TPSA) is 51.3 Å². The summed E-state index contributed by atoms with van der Waals surface area (Å²) in [4.78, 5) is 14.5. The summed E-state index contributed by atoms with van der Waals surface area (Å²) in [6.07, 6.45) is 0. The molecule has 0 saturated carbocycles. The van der Waals surface area contributed by atoms with E-state index in [-0.39, 0.29) is 5.63 Å². The van der Waals surface area contributed by atoms with E-state index in [2.05, 4.69) is 50.1 Å². The van der Waals surface area contributed by atoms with Crippen LogP contribution in [0.25, 0.3) is 27.4 Å². The largest absolute Gasteiger partial charge is 0.423 e. The van der Waals surface area contributed by atoms with Crippen LogP contribution < -0.4 is 5.63 Å². The highest BCUT2D eigenvalue weighted by atomic mass is 16.4. The van der Waals surface area contributed by atoms with Crippen molar-refractivity contribution in [2.75, 3.05) is 7.05 Å². The normalized spacial score (nSPS) is 11.6. The summed E-state index contributed by atoms with van der Waals surface area (Å²) < 4.78 is 7.51. The first-order valence-corrected chi connectivity index (χ1v) is 10.7. The molecule has 0 amide bonds. The summed E-state index contributed by atoms with van der Waals surface area (Å²) in [6.45, 7) is 5.52. The zero-order valence-electron chi connectivity index (χ0n) is 18.5. The molecule has 32 heavy (non-hydrogen) atoms. The molecule has 0 atom stereocenters. The minimum Gasteiger partial charge on any atom is -0.423 e. The SMILES string of the molecule is Cc1nn(-c2ccccc2)c(C)c1CN(C)Cc1cc(=O)oc2ccc3ccccc3c12. The number of hydrogen-bond acceptors (Lipinski definition) is 4. The Kier molecular flexibility index (Phi) is 5.11. The molecule has 0 fully saturated rings. The molecule has 0 saturated heterocycles. The summed E-state index contributed by atoms with van der Waals surface area (Å²) in [5.41, 5.74) is 5.68. The maximum absolute atomic E-state index is 12.3. The maximum Gasteiger partial charge on any atom is 0.336 e. The van der Waals surface area contributed by atoms with Crippen molar-refractivity contribution >= 4 is 21.7 Å². The number of nitrogens with zero attached hydrogens (tertiary/aromatic N) is 3. The van der Waals surface area contributed by atoms with Gasteiger partial charge in [-0.25, -0.2) is 9.48 Å². The van der Waals surface area contributed by atoms with E-state index in [1.54, 1.807) is 6.07 Å². The first-order chi connectivity index (χ1) is 15.5. The van der Waals surface area contributed by atoms with E-state index < -0.39 is 0 Å². The Morgan fingerprint density at radius 1 is 0.938 bits per heavy atom. The van der Waals surface area contributed by atoms with E-state index in [1.165, 1.54) is 5.56 Å². The van der Waals surface area contributed by atoms with Crippen molar-refractivity contribution in [3.63, 3.8) is 0 Å². The third-order valence-corrected chi connectivity index (χ3v) is 6.02. The third-order valence-electron chi connectivity index (χ3n) is 6.02. The molecule has 3 aromatic carbocycles. The van der Waals surface area contributed by atoms with Crippen LogP contribution in [0.4, 0.5) is 0 Å². The lowest BCUT2D eigenvalue weighted by atomic mass is 10.0. The number of rotatable bonds is 5. The van der Waals surface area contributed by atoms with Crippen LogP contribution in [0.5, 0.6) is 0 Å².